The van der Waals surface area contributed by atoms with Crippen LogP contribution in [0.4, 0.5) is 0 Å². The third kappa shape index (κ3) is 8.14. The van der Waals surface area contributed by atoms with Crippen molar-refractivity contribution in [1.82, 2.24) is 20.9 Å². The lowest BCUT2D eigenvalue weighted by atomic mass is 10.0. The molecule has 40 heavy (non-hydrogen) atoms. The minimum absolute atomic E-state index is 0.0244. The summed E-state index contributed by atoms with van der Waals surface area (Å²) in [4.78, 5) is 55.8. The second-order valence-corrected chi connectivity index (χ2v) is 11.6. The number of hydrogen-bond donors (Lipinski definition) is 3. The third-order valence-electron chi connectivity index (χ3n) is 7.17. The lowest BCUT2D eigenvalue weighted by Crippen LogP contribution is -2.57. The molecule has 0 radical (unpaired) electrons. The lowest BCUT2D eigenvalue weighted by Gasteiger charge is -2.30. The largest absolute Gasteiger partial charge is 0.373 e. The summed E-state index contributed by atoms with van der Waals surface area (Å²) in [6.45, 7) is 5.99. The number of hydrogen-bond acceptors (Lipinski definition) is 5. The molecule has 0 saturated carbocycles. The Kier molecular flexibility index (Phi) is 9.58. The molecule has 2 aliphatic rings. The van der Waals surface area contributed by atoms with Crippen molar-refractivity contribution < 1.29 is 23.9 Å². The molecule has 2 aromatic carbocycles. The highest BCUT2D eigenvalue weighted by molar-refractivity contribution is 5.95. The van der Waals surface area contributed by atoms with Gasteiger partial charge in [0.05, 0.1) is 12.2 Å². The summed E-state index contributed by atoms with van der Waals surface area (Å²) >= 11 is 0. The highest BCUT2D eigenvalue weighted by atomic mass is 16.5. The van der Waals surface area contributed by atoms with Gasteiger partial charge < -0.3 is 25.6 Å². The van der Waals surface area contributed by atoms with E-state index in [0.29, 0.717) is 32.2 Å². The molecular weight excluding hydrogens is 508 g/mol. The normalized spacial score (nSPS) is 24.6. The Morgan fingerprint density at radius 3 is 2.05 bits per heavy atom. The van der Waals surface area contributed by atoms with Crippen molar-refractivity contribution in [3.63, 3.8) is 0 Å². The van der Waals surface area contributed by atoms with Gasteiger partial charge in [0.25, 0.3) is 0 Å². The standard InChI is InChI=1S/C31H40N4O5/c1-31(2,3)40-20-25-28(37)32-23(17-21-11-6-4-7-12-21)19-27(36)33-24(18-22-13-8-5-9-14-22)30(39)35-16-10-15-26(35)29(38)34-25/h4-9,11-14,23-26H,10,15-20H2,1-3H3,(H,32,37)(H,33,36)(H,34,38)/t23-,24-,25-,26-/m0/s1. The minimum Gasteiger partial charge on any atom is -0.373 e. The number of amides is 4. The first-order valence-corrected chi connectivity index (χ1v) is 14.0. The van der Waals surface area contributed by atoms with E-state index in [1.807, 2.05) is 81.4 Å². The van der Waals surface area contributed by atoms with Crippen LogP contribution in [0.1, 0.15) is 51.2 Å². The monoisotopic (exact) mass is 548 g/mol. The predicted molar refractivity (Wildman–Crippen MR) is 151 cm³/mol. The second kappa shape index (κ2) is 13.1. The number of nitrogens with zero attached hydrogens (tertiary/aromatic N) is 1. The van der Waals surface area contributed by atoms with E-state index in [-0.39, 0.29) is 24.8 Å². The van der Waals surface area contributed by atoms with Crippen LogP contribution in [0.15, 0.2) is 60.7 Å². The fourth-order valence-corrected chi connectivity index (χ4v) is 5.19. The molecule has 9 heteroatoms. The van der Waals surface area contributed by atoms with E-state index in [0.717, 1.165) is 11.1 Å². The number of carbonyl (C=O) groups excluding carboxylic acids is 4. The summed E-state index contributed by atoms with van der Waals surface area (Å²) in [6.07, 6.45) is 1.82. The Balaban J connectivity index is 1.65. The molecule has 214 valence electrons. The summed E-state index contributed by atoms with van der Waals surface area (Å²) < 4.78 is 5.89. The molecule has 2 aromatic rings. The molecule has 2 fully saturated rings. The summed E-state index contributed by atoms with van der Waals surface area (Å²) in [5.41, 5.74) is 1.32. The fourth-order valence-electron chi connectivity index (χ4n) is 5.19. The first-order chi connectivity index (χ1) is 19.1. The van der Waals surface area contributed by atoms with Crippen LogP contribution in [-0.4, -0.2) is 71.4 Å². The molecule has 4 rings (SSSR count). The van der Waals surface area contributed by atoms with Crippen LogP contribution in [0.25, 0.3) is 0 Å². The number of benzene rings is 2. The highest BCUT2D eigenvalue weighted by Crippen LogP contribution is 2.21. The molecule has 4 atom stereocenters. The van der Waals surface area contributed by atoms with Crippen LogP contribution in [-0.2, 0) is 36.8 Å². The van der Waals surface area contributed by atoms with Crippen LogP contribution >= 0.6 is 0 Å². The smallest absolute Gasteiger partial charge is 0.246 e. The highest BCUT2D eigenvalue weighted by Gasteiger charge is 2.40. The molecule has 9 nitrogen and oxygen atoms in total. The van der Waals surface area contributed by atoms with E-state index in [1.54, 1.807) is 4.90 Å². The third-order valence-corrected chi connectivity index (χ3v) is 7.17. The lowest BCUT2D eigenvalue weighted by molar-refractivity contribution is -0.142. The Morgan fingerprint density at radius 2 is 1.43 bits per heavy atom. The summed E-state index contributed by atoms with van der Waals surface area (Å²) in [5, 5.41) is 8.77. The first kappa shape index (κ1) is 29.3. The zero-order valence-corrected chi connectivity index (χ0v) is 23.5. The van der Waals surface area contributed by atoms with Crippen molar-refractivity contribution in [1.29, 1.82) is 0 Å². The van der Waals surface area contributed by atoms with Gasteiger partial charge in [0, 0.05) is 25.4 Å². The van der Waals surface area contributed by atoms with Gasteiger partial charge in [-0.05, 0) is 51.2 Å². The average Bonchev–Trinajstić information content (AvgIpc) is 3.40. The van der Waals surface area contributed by atoms with E-state index >= 15 is 0 Å². The van der Waals surface area contributed by atoms with Gasteiger partial charge in [0.15, 0.2) is 0 Å². The number of rotatable bonds is 6. The topological polar surface area (TPSA) is 117 Å². The van der Waals surface area contributed by atoms with Gasteiger partial charge in [-0.25, -0.2) is 0 Å². The fraction of sp³-hybridized carbons (Fsp3) is 0.484. The molecule has 0 bridgehead atoms. The van der Waals surface area contributed by atoms with Crippen molar-refractivity contribution in [2.24, 2.45) is 0 Å². The Labute approximate surface area is 236 Å². The average molecular weight is 549 g/mol. The molecule has 4 amide bonds. The molecule has 2 aliphatic heterocycles. The summed E-state index contributed by atoms with van der Waals surface area (Å²) in [6, 6.07) is 16.0. The van der Waals surface area contributed by atoms with E-state index in [9.17, 15) is 19.2 Å². The van der Waals surface area contributed by atoms with Crippen molar-refractivity contribution in [2.75, 3.05) is 13.2 Å². The SMILES string of the molecule is CC(C)(C)OC[C@@H]1NC(=O)[C@@H]2CCCN2C(=O)[C@H](Cc2ccccc2)NC(=O)C[C@H](Cc2ccccc2)NC1=O. The molecule has 0 aromatic heterocycles. The van der Waals surface area contributed by atoms with Crippen molar-refractivity contribution >= 4 is 23.6 Å². The zero-order chi connectivity index (χ0) is 28.7. The number of nitrogens with one attached hydrogen (secondary N) is 3. The molecule has 2 saturated heterocycles. The van der Waals surface area contributed by atoms with Crippen LogP contribution in [0.2, 0.25) is 0 Å². The van der Waals surface area contributed by atoms with E-state index in [2.05, 4.69) is 16.0 Å². The zero-order valence-electron chi connectivity index (χ0n) is 23.5. The van der Waals surface area contributed by atoms with Gasteiger partial charge >= 0.3 is 0 Å². The molecular formula is C31H40N4O5. The Bertz CT molecular complexity index is 1180. The minimum atomic E-state index is -0.980. The van der Waals surface area contributed by atoms with Gasteiger partial charge in [-0.2, -0.15) is 0 Å². The molecule has 3 N–H and O–H groups in total. The number of ether oxygens (including phenoxy) is 1. The summed E-state index contributed by atoms with van der Waals surface area (Å²) in [7, 11) is 0. The first-order valence-electron chi connectivity index (χ1n) is 14.0. The molecule has 0 unspecified atom stereocenters. The quantitative estimate of drug-likeness (QED) is 0.512. The van der Waals surface area contributed by atoms with Crippen molar-refractivity contribution in [3.8, 4) is 0 Å². The van der Waals surface area contributed by atoms with E-state index < -0.39 is 41.6 Å². The maximum absolute atomic E-state index is 13.8. The Hall–Kier alpha value is -3.72. The molecule has 0 spiro atoms. The van der Waals surface area contributed by atoms with Crippen LogP contribution in [0.5, 0.6) is 0 Å². The van der Waals surface area contributed by atoms with E-state index in [4.69, 9.17) is 4.74 Å². The molecule has 0 aliphatic carbocycles. The maximum Gasteiger partial charge on any atom is 0.246 e. The van der Waals surface area contributed by atoms with Crippen LogP contribution in [0.3, 0.4) is 0 Å². The summed E-state index contributed by atoms with van der Waals surface area (Å²) in [5.74, 6) is -1.46. The van der Waals surface area contributed by atoms with Gasteiger partial charge in [-0.1, -0.05) is 60.7 Å². The number of carbonyl (C=O) groups is 4. The van der Waals surface area contributed by atoms with Crippen molar-refractivity contribution in [2.45, 2.75) is 82.6 Å². The van der Waals surface area contributed by atoms with Crippen LogP contribution < -0.4 is 16.0 Å². The van der Waals surface area contributed by atoms with Crippen LogP contribution in [0, 0.1) is 0 Å². The maximum atomic E-state index is 13.8. The van der Waals surface area contributed by atoms with Gasteiger partial charge in [-0.15, -0.1) is 0 Å². The van der Waals surface area contributed by atoms with E-state index in [1.165, 1.54) is 0 Å². The van der Waals surface area contributed by atoms with Gasteiger partial charge in [-0.3, -0.25) is 19.2 Å². The van der Waals surface area contributed by atoms with Gasteiger partial charge in [0.2, 0.25) is 23.6 Å². The number of fused-ring (bicyclic) bond motifs is 1. The predicted octanol–water partition coefficient (Wildman–Crippen LogP) is 2.14. The second-order valence-electron chi connectivity index (χ2n) is 11.6. The van der Waals surface area contributed by atoms with Gasteiger partial charge in [0.1, 0.15) is 18.1 Å². The molecule has 2 heterocycles. The Morgan fingerprint density at radius 1 is 0.800 bits per heavy atom. The van der Waals surface area contributed by atoms with Crippen molar-refractivity contribution in [3.05, 3.63) is 71.8 Å².